The summed E-state index contributed by atoms with van der Waals surface area (Å²) in [6.07, 6.45) is 35.3. The quantitative estimate of drug-likeness (QED) is 0.173. The van der Waals surface area contributed by atoms with Crippen LogP contribution in [0.3, 0.4) is 0 Å². The van der Waals surface area contributed by atoms with Crippen molar-refractivity contribution in [3.63, 3.8) is 0 Å². The van der Waals surface area contributed by atoms with Crippen LogP contribution in [-0.2, 0) is 30.7 Å². The molecule has 4 aromatic rings. The van der Waals surface area contributed by atoms with Crippen LogP contribution >= 0.6 is 14.2 Å². The molecule has 2 N–H and O–H groups in total. The Morgan fingerprint density at radius 1 is 0.400 bits per heavy atom. The van der Waals surface area contributed by atoms with Crippen LogP contribution in [0.4, 0.5) is 0 Å². The summed E-state index contributed by atoms with van der Waals surface area (Å²) in [6.45, 7) is 7.44. The number of aromatic hydroxyl groups is 2. The van der Waals surface area contributed by atoms with E-state index in [0.29, 0.717) is 37.9 Å². The Kier molecular flexibility index (Phi) is 19.3. The standard InChI is InChI=1S/C46H68O2S2.2C7H7.Zr/c47-45-39(27-37(33-17-7-3-8-18-33)29-41(45)35-21-11-5-12-22-35)31-49-43-25-15-1-2-16-26-44(43)50-32-40-28-38(34-19-9-4-10-20-34)30-42(46(40)48)36-23-13-6-14-24-36;2*1-7-5-3-2-4-6-7;/h27-30,33-36,43-44,47-48H,1-26,31-32H2;2*2-6H,1H2;/q;2*-1;/t43-,44?;;;/m0.../s1. The van der Waals surface area contributed by atoms with Gasteiger partial charge in [0.1, 0.15) is 0 Å². The fourth-order valence-corrected chi connectivity index (χ4v) is 41.3. The molecule has 5 saturated carbocycles. The van der Waals surface area contributed by atoms with E-state index in [1.165, 1.54) is 201 Å². The molecule has 2 unspecified atom stereocenters. The molecule has 4 aromatic carbocycles. The summed E-state index contributed by atoms with van der Waals surface area (Å²) in [5.41, 5.74) is 10.7. The predicted molar refractivity (Wildman–Crippen MR) is 279 cm³/mol. The van der Waals surface area contributed by atoms with Gasteiger partial charge in [0.05, 0.1) is 0 Å². The zero-order valence-electron chi connectivity index (χ0n) is 40.0. The maximum absolute atomic E-state index is 12.2. The van der Waals surface area contributed by atoms with Crippen molar-refractivity contribution in [3.8, 4) is 11.5 Å². The first-order valence-corrected chi connectivity index (χ1v) is 35.5. The summed E-state index contributed by atoms with van der Waals surface area (Å²) in [4.78, 5) is 0. The van der Waals surface area contributed by atoms with Gasteiger partial charge in [0.25, 0.3) is 0 Å². The van der Waals surface area contributed by atoms with E-state index in [9.17, 15) is 10.2 Å². The molecule has 0 bridgehead atoms. The van der Waals surface area contributed by atoms with Gasteiger partial charge in [-0.05, 0) is 0 Å². The Balaban J connectivity index is 0.000000351. The summed E-state index contributed by atoms with van der Waals surface area (Å²) in [5, 5.41) is 26.1. The van der Waals surface area contributed by atoms with Crippen LogP contribution in [0.2, 0.25) is 0 Å². The first-order chi connectivity index (χ1) is 31.9. The smallest absolute Gasteiger partial charge is 0.0866 e. The maximum atomic E-state index is 12.2. The van der Waals surface area contributed by atoms with Crippen LogP contribution in [0.5, 0.6) is 11.5 Å². The second-order valence-corrected chi connectivity index (χ2v) is 36.4. The third-order valence-corrected chi connectivity index (χ3v) is 37.9. The summed E-state index contributed by atoms with van der Waals surface area (Å²) >= 11 is -0.743. The first kappa shape index (κ1) is 49.2. The minimum absolute atomic E-state index is 0.461. The van der Waals surface area contributed by atoms with Crippen LogP contribution in [0.25, 0.3) is 0 Å². The summed E-state index contributed by atoms with van der Waals surface area (Å²) in [7, 11) is 0.922. The number of fused-ring (bicyclic) bond motifs is 1. The van der Waals surface area contributed by atoms with Gasteiger partial charge in [0.2, 0.25) is 0 Å². The minimum Gasteiger partial charge on any atom is -0.199 e. The van der Waals surface area contributed by atoms with Crippen molar-refractivity contribution < 1.29 is 29.4 Å². The average Bonchev–Trinajstić information content (AvgIpc) is 3.65. The third-order valence-electron chi connectivity index (χ3n) is 16.1. The van der Waals surface area contributed by atoms with Crippen molar-refractivity contribution >= 4 is 14.2 Å². The van der Waals surface area contributed by atoms with E-state index in [4.69, 9.17) is 0 Å². The molecule has 0 spiro atoms. The van der Waals surface area contributed by atoms with Crippen LogP contribution in [0, 0.1) is 13.8 Å². The van der Waals surface area contributed by atoms with Gasteiger partial charge in [-0.2, -0.15) is 49.2 Å². The number of phenolic OH excluding ortho intramolecular Hbond substituents is 2. The summed E-state index contributed by atoms with van der Waals surface area (Å²) < 4.78 is 0. The third kappa shape index (κ3) is 13.7. The molecule has 5 fully saturated rings. The predicted octanol–water partition coefficient (Wildman–Crippen LogP) is 18.3. The molecular weight excluding hydrogens is 908 g/mol. The van der Waals surface area contributed by atoms with E-state index in [-0.39, 0.29) is 0 Å². The Morgan fingerprint density at radius 2 is 0.708 bits per heavy atom. The molecule has 0 saturated heterocycles. The molecule has 10 rings (SSSR count). The van der Waals surface area contributed by atoms with E-state index < -0.39 is 19.2 Å². The average molecular weight is 991 g/mol. The van der Waals surface area contributed by atoms with Crippen LogP contribution < -0.4 is 0 Å². The number of hydrogen-bond acceptors (Lipinski definition) is 2. The number of benzene rings is 4. The minimum atomic E-state index is -0.743. The van der Waals surface area contributed by atoms with E-state index in [1.807, 2.05) is 60.7 Å². The number of rotatable bonds is 8. The van der Waals surface area contributed by atoms with Gasteiger partial charge in [-0.15, -0.1) is 24.3 Å². The molecule has 352 valence electrons. The number of hydrogen-bond donors (Lipinski definition) is 2. The van der Waals surface area contributed by atoms with Gasteiger partial charge in [0.15, 0.2) is 0 Å². The first-order valence-electron chi connectivity index (χ1n) is 26.5. The Labute approximate surface area is 407 Å². The Hall–Kier alpha value is -2.20. The molecule has 0 radical (unpaired) electrons. The summed E-state index contributed by atoms with van der Waals surface area (Å²) in [5.74, 6) is 6.32. The van der Waals surface area contributed by atoms with Crippen LogP contribution in [-0.4, -0.2) is 20.7 Å². The van der Waals surface area contributed by atoms with Gasteiger partial charge >= 0.3 is 325 Å². The molecule has 65 heavy (non-hydrogen) atoms. The molecule has 5 aliphatic carbocycles. The topological polar surface area (TPSA) is 40.5 Å². The molecule has 1 aliphatic heterocycles. The monoisotopic (exact) mass is 988 g/mol. The van der Waals surface area contributed by atoms with Crippen LogP contribution in [0.1, 0.15) is 235 Å². The van der Waals surface area contributed by atoms with Crippen molar-refractivity contribution in [1.82, 2.24) is 0 Å². The van der Waals surface area contributed by atoms with Crippen molar-refractivity contribution in [1.29, 1.82) is 0 Å². The van der Waals surface area contributed by atoms with E-state index in [0.717, 1.165) is 33.1 Å². The van der Waals surface area contributed by atoms with Crippen molar-refractivity contribution in [2.24, 2.45) is 0 Å². The molecular formula is C60H82O2S2Zr-2. The Bertz CT molecular complexity index is 2000. The van der Waals surface area contributed by atoms with Gasteiger partial charge in [-0.1, -0.05) is 12.1 Å². The normalized spacial score (nSPS) is 24.7. The Morgan fingerprint density at radius 3 is 1.03 bits per heavy atom. The molecule has 0 amide bonds. The zero-order valence-corrected chi connectivity index (χ0v) is 44.1. The van der Waals surface area contributed by atoms with Gasteiger partial charge < -0.3 is 0 Å². The molecule has 1 heterocycles. The number of phenols is 2. The fourth-order valence-electron chi connectivity index (χ4n) is 12.4. The van der Waals surface area contributed by atoms with E-state index in [1.54, 1.807) is 11.1 Å². The molecule has 2 nitrogen and oxygen atoms in total. The molecule has 5 heteroatoms. The second-order valence-electron chi connectivity index (χ2n) is 20.8. The zero-order chi connectivity index (χ0) is 44.8. The molecule has 0 aromatic heterocycles. The molecule has 4 atom stereocenters. The van der Waals surface area contributed by atoms with Gasteiger partial charge in [-0.3, -0.25) is 0 Å². The van der Waals surface area contributed by atoms with Gasteiger partial charge in [0, 0.05) is 0 Å². The van der Waals surface area contributed by atoms with E-state index >= 15 is 0 Å². The van der Waals surface area contributed by atoms with Crippen LogP contribution in [0.15, 0.2) is 84.9 Å². The second kappa shape index (κ2) is 25.4. The van der Waals surface area contributed by atoms with Gasteiger partial charge in [-0.25, -0.2) is 0 Å². The van der Waals surface area contributed by atoms with Crippen molar-refractivity contribution in [2.75, 3.05) is 0 Å². The SMILES string of the molecule is Oc1c(C[S]2=[Zr]=[S@@](Cc3cc(C4CCCCC4)cc(C4CCCCC4)c3O)C3CCCCCC[C@@H]32)cc(C2CCCCC2)cc1C1CCCCC1.[CH2-]c1ccccc1.[CH2-]c1ccccc1. The fraction of sp³-hybridized carbons (Fsp3) is 0.567. The van der Waals surface area contributed by atoms with Crippen molar-refractivity contribution in [3.05, 3.63) is 143 Å². The molecule has 6 aliphatic rings. The van der Waals surface area contributed by atoms with E-state index in [2.05, 4.69) is 38.1 Å². The largest absolute Gasteiger partial charge is 0.199 e. The summed E-state index contributed by atoms with van der Waals surface area (Å²) in [6, 6.07) is 29.9. The maximum Gasteiger partial charge on any atom is -0.0866 e. The van der Waals surface area contributed by atoms with Crippen molar-refractivity contribution in [2.45, 2.75) is 213 Å².